The third-order valence-corrected chi connectivity index (χ3v) is 4.59. The number of carbonyl (C=O) groups is 1. The molecule has 0 N–H and O–H groups in total. The van der Waals surface area contributed by atoms with E-state index in [1.807, 2.05) is 23.1 Å². The fraction of sp³-hybridized carbons (Fsp3) is 0.409. The van der Waals surface area contributed by atoms with Crippen LogP contribution in [0.5, 0.6) is 0 Å². The van der Waals surface area contributed by atoms with Crippen LogP contribution in [0.15, 0.2) is 36.4 Å². The van der Waals surface area contributed by atoms with Gasteiger partial charge in [-0.15, -0.1) is 10.2 Å². The molecule has 2 aromatic rings. The van der Waals surface area contributed by atoms with E-state index in [-0.39, 0.29) is 5.56 Å². The highest BCUT2D eigenvalue weighted by atomic mass is 19.4. The first kappa shape index (κ1) is 22.6. The van der Waals surface area contributed by atoms with E-state index in [0.29, 0.717) is 32.0 Å². The minimum atomic E-state index is -4.61. The van der Waals surface area contributed by atoms with E-state index in [4.69, 9.17) is 4.74 Å². The van der Waals surface area contributed by atoms with Crippen LogP contribution >= 0.6 is 0 Å². The van der Waals surface area contributed by atoms with Gasteiger partial charge < -0.3 is 14.5 Å². The molecular weight excluding hydrogens is 409 g/mol. The topological polar surface area (TPSA) is 58.6 Å². The van der Waals surface area contributed by atoms with Gasteiger partial charge >= 0.3 is 12.3 Å². The second-order valence-electron chi connectivity index (χ2n) is 8.20. The van der Waals surface area contributed by atoms with Crippen molar-refractivity contribution in [3.8, 4) is 0 Å². The third kappa shape index (κ3) is 6.19. The van der Waals surface area contributed by atoms with Crippen LogP contribution in [0.25, 0.3) is 12.2 Å². The summed E-state index contributed by atoms with van der Waals surface area (Å²) in [5, 5.41) is 7.27. The second kappa shape index (κ2) is 8.95. The number of hydrogen-bond acceptors (Lipinski definition) is 5. The van der Waals surface area contributed by atoms with Gasteiger partial charge in [-0.1, -0.05) is 42.5 Å². The molecule has 0 atom stereocenters. The number of alkyl halides is 3. The van der Waals surface area contributed by atoms with Crippen molar-refractivity contribution in [3.63, 3.8) is 0 Å². The molecule has 1 aliphatic heterocycles. The lowest BCUT2D eigenvalue weighted by atomic mass is 10.1. The summed E-state index contributed by atoms with van der Waals surface area (Å²) < 4.78 is 45.6. The molecule has 3 rings (SSSR count). The molecule has 1 aromatic heterocycles. The van der Waals surface area contributed by atoms with Crippen molar-refractivity contribution >= 4 is 24.1 Å². The van der Waals surface area contributed by atoms with E-state index >= 15 is 0 Å². The average Bonchev–Trinajstić information content (AvgIpc) is 2.71. The molecule has 1 amide bonds. The molecule has 31 heavy (non-hydrogen) atoms. The molecule has 1 aromatic carbocycles. The normalized spacial score (nSPS) is 15.4. The minimum absolute atomic E-state index is 0.0593. The number of rotatable bonds is 3. The first-order valence-electron chi connectivity index (χ1n) is 9.94. The summed E-state index contributed by atoms with van der Waals surface area (Å²) in [6.45, 7) is 6.98. The van der Waals surface area contributed by atoms with Crippen molar-refractivity contribution < 1.29 is 22.7 Å². The van der Waals surface area contributed by atoms with E-state index in [9.17, 15) is 18.0 Å². The monoisotopic (exact) mass is 434 g/mol. The van der Waals surface area contributed by atoms with Gasteiger partial charge in [0.25, 0.3) is 0 Å². The lowest BCUT2D eigenvalue weighted by Gasteiger charge is -2.36. The Morgan fingerprint density at radius 2 is 1.65 bits per heavy atom. The zero-order valence-electron chi connectivity index (χ0n) is 17.7. The van der Waals surface area contributed by atoms with Crippen LogP contribution < -0.4 is 4.90 Å². The molecule has 0 saturated carbocycles. The number of nitrogens with zero attached hydrogens (tertiary/aromatic N) is 4. The Hall–Kier alpha value is -3.10. The fourth-order valence-corrected chi connectivity index (χ4v) is 3.09. The third-order valence-electron chi connectivity index (χ3n) is 4.59. The summed E-state index contributed by atoms with van der Waals surface area (Å²) in [6, 6.07) is 10.4. The summed E-state index contributed by atoms with van der Waals surface area (Å²) in [5.74, 6) is 0.338. The van der Waals surface area contributed by atoms with Crippen LogP contribution in [0, 0.1) is 0 Å². The van der Waals surface area contributed by atoms with E-state index in [1.54, 1.807) is 43.9 Å². The summed E-state index contributed by atoms with van der Waals surface area (Å²) >= 11 is 0. The summed E-state index contributed by atoms with van der Waals surface area (Å²) in [7, 11) is 0. The fourth-order valence-electron chi connectivity index (χ4n) is 3.09. The molecular formula is C22H25F3N4O2. The second-order valence-corrected chi connectivity index (χ2v) is 8.20. The molecule has 166 valence electrons. The summed E-state index contributed by atoms with van der Waals surface area (Å²) in [6.07, 6.45) is -2.02. The molecule has 2 heterocycles. The molecule has 0 unspecified atom stereocenters. The van der Waals surface area contributed by atoms with E-state index in [0.717, 1.165) is 5.56 Å². The quantitative estimate of drug-likeness (QED) is 0.700. The lowest BCUT2D eigenvalue weighted by molar-refractivity contribution is -0.141. The standard InChI is InChI=1S/C22H25F3N4O2/c1-21(2,3)31-20(30)29-13-11-28(12-14-29)18-15-17(19(27-26-18)22(23,24)25)10-9-16-7-5-4-6-8-16/h4-10,15H,11-14H2,1-3H3/b10-9+. The molecule has 1 saturated heterocycles. The number of ether oxygens (including phenoxy) is 1. The van der Waals surface area contributed by atoms with Gasteiger partial charge in [-0.05, 0) is 32.4 Å². The molecule has 1 fully saturated rings. The van der Waals surface area contributed by atoms with Crippen molar-refractivity contribution in [2.45, 2.75) is 32.5 Å². The van der Waals surface area contributed by atoms with E-state index in [2.05, 4.69) is 10.2 Å². The first-order chi connectivity index (χ1) is 14.5. The predicted molar refractivity (Wildman–Crippen MR) is 112 cm³/mol. The number of carbonyl (C=O) groups excluding carboxylic acids is 1. The zero-order chi connectivity index (χ0) is 22.6. The Kier molecular flexibility index (Phi) is 6.52. The maximum absolute atomic E-state index is 13.4. The summed E-state index contributed by atoms with van der Waals surface area (Å²) in [4.78, 5) is 15.6. The Morgan fingerprint density at radius 1 is 1.00 bits per heavy atom. The molecule has 0 radical (unpaired) electrons. The van der Waals surface area contributed by atoms with Gasteiger partial charge in [-0.25, -0.2) is 4.79 Å². The average molecular weight is 434 g/mol. The molecule has 0 spiro atoms. The van der Waals surface area contributed by atoms with Gasteiger partial charge in [0, 0.05) is 31.7 Å². The number of hydrogen-bond donors (Lipinski definition) is 0. The van der Waals surface area contributed by atoms with Gasteiger partial charge in [0.05, 0.1) is 0 Å². The molecule has 0 aliphatic carbocycles. The highest BCUT2D eigenvalue weighted by Gasteiger charge is 2.36. The molecule has 1 aliphatic rings. The van der Waals surface area contributed by atoms with Crippen molar-refractivity contribution in [1.29, 1.82) is 0 Å². The van der Waals surface area contributed by atoms with Gasteiger partial charge in [0.2, 0.25) is 0 Å². The zero-order valence-corrected chi connectivity index (χ0v) is 17.7. The number of benzene rings is 1. The van der Waals surface area contributed by atoms with E-state index in [1.165, 1.54) is 12.1 Å². The van der Waals surface area contributed by atoms with Crippen molar-refractivity contribution in [2.24, 2.45) is 0 Å². The van der Waals surface area contributed by atoms with Crippen LogP contribution in [0.1, 0.15) is 37.6 Å². The van der Waals surface area contributed by atoms with E-state index < -0.39 is 23.6 Å². The summed E-state index contributed by atoms with van der Waals surface area (Å²) in [5.41, 5.74) is -0.903. The number of anilines is 1. The molecule has 6 nitrogen and oxygen atoms in total. The Morgan fingerprint density at radius 3 is 2.23 bits per heavy atom. The highest BCUT2D eigenvalue weighted by molar-refractivity contribution is 5.72. The Balaban J connectivity index is 1.77. The maximum Gasteiger partial charge on any atom is 0.435 e. The van der Waals surface area contributed by atoms with Crippen molar-refractivity contribution in [1.82, 2.24) is 15.1 Å². The predicted octanol–water partition coefficient (Wildman–Crippen LogP) is 4.72. The highest BCUT2D eigenvalue weighted by Crippen LogP contribution is 2.32. The Bertz CT molecular complexity index is 932. The molecule has 0 bridgehead atoms. The minimum Gasteiger partial charge on any atom is -0.444 e. The smallest absolute Gasteiger partial charge is 0.435 e. The number of halogens is 3. The SMILES string of the molecule is CC(C)(C)OC(=O)N1CCN(c2cc(/C=C/c3ccccc3)c(C(F)(F)F)nn2)CC1. The van der Waals surface area contributed by atoms with Crippen molar-refractivity contribution in [3.05, 3.63) is 53.2 Å². The largest absolute Gasteiger partial charge is 0.444 e. The van der Waals surface area contributed by atoms with Crippen LogP contribution in [0.3, 0.4) is 0 Å². The number of piperazine rings is 1. The molecule has 9 heteroatoms. The first-order valence-corrected chi connectivity index (χ1v) is 9.94. The van der Waals surface area contributed by atoms with Crippen LogP contribution in [-0.2, 0) is 10.9 Å². The van der Waals surface area contributed by atoms with Gasteiger partial charge in [0.15, 0.2) is 11.5 Å². The number of aromatic nitrogens is 2. The van der Waals surface area contributed by atoms with Gasteiger partial charge in [0.1, 0.15) is 5.60 Å². The lowest BCUT2D eigenvalue weighted by Crippen LogP contribution is -2.50. The van der Waals surface area contributed by atoms with Crippen LogP contribution in [0.4, 0.5) is 23.8 Å². The van der Waals surface area contributed by atoms with Crippen LogP contribution in [-0.4, -0.2) is 53.0 Å². The van der Waals surface area contributed by atoms with Crippen molar-refractivity contribution in [2.75, 3.05) is 31.1 Å². The Labute approximate surface area is 179 Å². The number of amides is 1. The van der Waals surface area contributed by atoms with Gasteiger partial charge in [-0.2, -0.15) is 13.2 Å². The maximum atomic E-state index is 13.4. The van der Waals surface area contributed by atoms with Gasteiger partial charge in [-0.3, -0.25) is 0 Å². The van der Waals surface area contributed by atoms with Crippen LogP contribution in [0.2, 0.25) is 0 Å².